The third-order valence-corrected chi connectivity index (χ3v) is 17.2. The quantitative estimate of drug-likeness (QED) is 0.0993. The Morgan fingerprint density at radius 1 is 0.373 bits per heavy atom. The highest BCUT2D eigenvalue weighted by Crippen LogP contribution is 2.57. The maximum atomic E-state index is 4.10. The molecule has 12 aromatic carbocycles. The minimum Gasteiger partial charge on any atom is -0.310 e. The minimum atomic E-state index is -0.572. The van der Waals surface area contributed by atoms with Crippen molar-refractivity contribution >= 4 is 51.0 Å². The van der Waals surface area contributed by atoms with E-state index in [0.29, 0.717) is 0 Å². The summed E-state index contributed by atoms with van der Waals surface area (Å²) in [6, 6.07) is 106. The average molecular weight is 1060 g/mol. The monoisotopic (exact) mass is 1060 g/mol. The second-order valence-electron chi connectivity index (χ2n) is 22.0. The van der Waals surface area contributed by atoms with Gasteiger partial charge in [0.15, 0.2) is 0 Å². The molecule has 1 aliphatic rings. The molecule has 14 rings (SSSR count). The lowest BCUT2D eigenvalue weighted by atomic mass is 9.67. The fourth-order valence-electron chi connectivity index (χ4n) is 13.0. The Labute approximate surface area is 487 Å². The number of unbranched alkanes of at least 4 members (excludes halogenated alkanes) is 1. The van der Waals surface area contributed by atoms with Crippen LogP contribution in [0.5, 0.6) is 0 Å². The summed E-state index contributed by atoms with van der Waals surface area (Å²) in [5, 5.41) is 2.42. The highest BCUT2D eigenvalue weighted by molar-refractivity contribution is 6.12. The van der Waals surface area contributed by atoms with E-state index in [1.54, 1.807) is 0 Å². The van der Waals surface area contributed by atoms with Gasteiger partial charge in [-0.3, -0.25) is 0 Å². The molecule has 396 valence electrons. The first-order chi connectivity index (χ1) is 41.0. The molecule has 0 fully saturated rings. The van der Waals surface area contributed by atoms with E-state index >= 15 is 0 Å². The number of aromatic nitrogens is 1. The van der Waals surface area contributed by atoms with E-state index in [9.17, 15) is 0 Å². The molecule has 1 aliphatic carbocycles. The molecule has 13 aromatic rings. The molecule has 2 nitrogen and oxygen atoms in total. The van der Waals surface area contributed by atoms with Crippen LogP contribution in [0.3, 0.4) is 0 Å². The molecule has 83 heavy (non-hydrogen) atoms. The van der Waals surface area contributed by atoms with E-state index in [1.807, 2.05) is 12.2 Å². The van der Waals surface area contributed by atoms with Crippen LogP contribution in [0.1, 0.15) is 58.7 Å². The molecule has 0 aliphatic heterocycles. The molecule has 0 bridgehead atoms. The van der Waals surface area contributed by atoms with E-state index in [-0.39, 0.29) is 0 Å². The summed E-state index contributed by atoms with van der Waals surface area (Å²) in [5.74, 6) is 0. The van der Waals surface area contributed by atoms with Gasteiger partial charge in [-0.25, -0.2) is 0 Å². The molecule has 2 heteroatoms. The first-order valence-corrected chi connectivity index (χ1v) is 29.1. The first-order valence-electron chi connectivity index (χ1n) is 29.1. The largest absolute Gasteiger partial charge is 0.310 e. The van der Waals surface area contributed by atoms with Gasteiger partial charge in [-0.2, -0.15) is 0 Å². The average Bonchev–Trinajstić information content (AvgIpc) is 1.91. The van der Waals surface area contributed by atoms with Crippen LogP contribution in [-0.4, -0.2) is 4.57 Å². The summed E-state index contributed by atoms with van der Waals surface area (Å²) in [4.78, 5) is 2.42. The van der Waals surface area contributed by atoms with Gasteiger partial charge in [0.2, 0.25) is 0 Å². The number of fused-ring (bicyclic) bond motifs is 6. The Morgan fingerprint density at radius 3 is 1.43 bits per heavy atom. The lowest BCUT2D eigenvalue weighted by molar-refractivity contribution is 0.768. The number of anilines is 3. The molecular weight excluding hydrogens is 1000 g/mol. The van der Waals surface area contributed by atoms with Crippen LogP contribution < -0.4 is 4.90 Å². The standard InChI is InChI=1S/C81H62N2/c1-4-7-17-58-28-34-61(35-29-58)64-20-16-23-71(52-64)83-79-50-40-65(62-32-26-56(5-2)27-33-62)53-75(79)76-54-66(41-51-80(76)83)63-38-46-70(47-39-63)82(69-44-36-60(37-45-69)59-18-10-8-11-19-59)72-48-49-74-73-24-14-15-25-77(73)81(78(74)55-72,67-21-12-9-13-22-67)68-42-30-57(6-3)31-43-68/h5-6,8-16,18-55H,2-4,7,17H2,1H3. The maximum Gasteiger partial charge on any atom is 0.0714 e. The zero-order chi connectivity index (χ0) is 55.9. The Kier molecular flexibility index (Phi) is 13.3. The van der Waals surface area contributed by atoms with Crippen LogP contribution in [0.15, 0.2) is 298 Å². The van der Waals surface area contributed by atoms with Crippen molar-refractivity contribution in [2.45, 2.75) is 31.6 Å². The van der Waals surface area contributed by atoms with E-state index < -0.39 is 5.41 Å². The van der Waals surface area contributed by atoms with Crippen molar-refractivity contribution in [1.29, 1.82) is 0 Å². The van der Waals surface area contributed by atoms with E-state index in [4.69, 9.17) is 0 Å². The number of hydrogen-bond donors (Lipinski definition) is 0. The Bertz CT molecular complexity index is 4510. The topological polar surface area (TPSA) is 8.17 Å². The zero-order valence-electron chi connectivity index (χ0n) is 46.7. The molecule has 1 unspecified atom stereocenters. The summed E-state index contributed by atoms with van der Waals surface area (Å²) in [7, 11) is 0. The summed E-state index contributed by atoms with van der Waals surface area (Å²) in [6.45, 7) is 10.4. The lowest BCUT2D eigenvalue weighted by Crippen LogP contribution is -2.28. The van der Waals surface area contributed by atoms with Gasteiger partial charge in [-0.1, -0.05) is 251 Å². The number of benzene rings is 12. The van der Waals surface area contributed by atoms with Crippen LogP contribution in [0.2, 0.25) is 0 Å². The molecule has 0 N–H and O–H groups in total. The van der Waals surface area contributed by atoms with Crippen LogP contribution in [0.4, 0.5) is 17.1 Å². The Morgan fingerprint density at radius 2 is 0.831 bits per heavy atom. The molecule has 1 aromatic heterocycles. The number of nitrogens with zero attached hydrogens (tertiary/aromatic N) is 2. The number of hydrogen-bond acceptors (Lipinski definition) is 1. The van der Waals surface area contributed by atoms with Crippen molar-refractivity contribution < 1.29 is 0 Å². The van der Waals surface area contributed by atoms with Crippen molar-refractivity contribution in [3.8, 4) is 61.3 Å². The molecule has 1 heterocycles. The fraction of sp³-hybridized carbons (Fsp3) is 0.0617. The fourth-order valence-corrected chi connectivity index (χ4v) is 13.0. The van der Waals surface area contributed by atoms with Crippen molar-refractivity contribution in [3.63, 3.8) is 0 Å². The van der Waals surface area contributed by atoms with Gasteiger partial charge in [0, 0.05) is 33.5 Å². The summed E-state index contributed by atoms with van der Waals surface area (Å²) < 4.78 is 2.44. The second-order valence-corrected chi connectivity index (χ2v) is 22.0. The predicted molar refractivity (Wildman–Crippen MR) is 353 cm³/mol. The number of aryl methyl sites for hydroxylation is 1. The van der Waals surface area contributed by atoms with Gasteiger partial charge in [0.05, 0.1) is 16.4 Å². The molecular formula is C81H62N2. The number of rotatable bonds is 15. The van der Waals surface area contributed by atoms with Crippen molar-refractivity contribution in [3.05, 3.63) is 337 Å². The molecule has 0 saturated heterocycles. The SMILES string of the molecule is C=Cc1ccc(-c2ccc3c(c2)c2cc(-c4ccc(N(c5ccc(-c6ccccc6)cc5)c5ccc6c(c5)C(c5ccccc5)(c5ccc(C=C)cc5)c5ccccc5-6)cc4)ccc2n3-c2cccc(-c3ccc(CCCC)cc3)c2)cc1. The van der Waals surface area contributed by atoms with Crippen LogP contribution >= 0.6 is 0 Å². The smallest absolute Gasteiger partial charge is 0.0714 e. The van der Waals surface area contributed by atoms with Gasteiger partial charge >= 0.3 is 0 Å². The van der Waals surface area contributed by atoms with Gasteiger partial charge in [0.1, 0.15) is 0 Å². The highest BCUT2D eigenvalue weighted by atomic mass is 15.1. The normalized spacial score (nSPS) is 13.4. The van der Waals surface area contributed by atoms with Gasteiger partial charge < -0.3 is 9.47 Å². The molecule has 0 radical (unpaired) electrons. The van der Waals surface area contributed by atoms with Crippen molar-refractivity contribution in [2.75, 3.05) is 4.90 Å². The van der Waals surface area contributed by atoms with Crippen LogP contribution in [0, 0.1) is 0 Å². The van der Waals surface area contributed by atoms with Gasteiger partial charge in [0.25, 0.3) is 0 Å². The Balaban J connectivity index is 0.899. The van der Waals surface area contributed by atoms with E-state index in [1.165, 1.54) is 107 Å². The van der Waals surface area contributed by atoms with E-state index in [0.717, 1.165) is 51.4 Å². The minimum absolute atomic E-state index is 0.572. The third kappa shape index (κ3) is 9.10. The first kappa shape index (κ1) is 50.9. The van der Waals surface area contributed by atoms with Gasteiger partial charge in [-0.05, 0) is 180 Å². The van der Waals surface area contributed by atoms with E-state index in [2.05, 4.69) is 315 Å². The molecule has 0 spiro atoms. The van der Waals surface area contributed by atoms with Crippen LogP contribution in [-0.2, 0) is 11.8 Å². The second kappa shape index (κ2) is 21.6. The van der Waals surface area contributed by atoms with Crippen molar-refractivity contribution in [2.24, 2.45) is 0 Å². The predicted octanol–water partition coefficient (Wildman–Crippen LogP) is 21.9. The van der Waals surface area contributed by atoms with Crippen LogP contribution in [0.25, 0.3) is 95.3 Å². The Hall–Kier alpha value is -10.3. The molecule has 0 amide bonds. The van der Waals surface area contributed by atoms with Gasteiger partial charge in [-0.15, -0.1) is 0 Å². The summed E-state index contributed by atoms with van der Waals surface area (Å²) >= 11 is 0. The zero-order valence-corrected chi connectivity index (χ0v) is 46.7. The molecule has 1 atom stereocenters. The van der Waals surface area contributed by atoms with Crippen molar-refractivity contribution in [1.82, 2.24) is 4.57 Å². The summed E-state index contributed by atoms with van der Waals surface area (Å²) in [6.07, 6.45) is 7.34. The third-order valence-electron chi connectivity index (χ3n) is 17.2. The lowest BCUT2D eigenvalue weighted by Gasteiger charge is -2.35. The maximum absolute atomic E-state index is 4.10. The molecule has 0 saturated carbocycles. The highest BCUT2D eigenvalue weighted by Gasteiger charge is 2.46. The summed E-state index contributed by atoms with van der Waals surface area (Å²) in [5.41, 5.74) is 26.6.